The summed E-state index contributed by atoms with van der Waals surface area (Å²) >= 11 is 0. The highest BCUT2D eigenvalue weighted by molar-refractivity contribution is 6.03. The summed E-state index contributed by atoms with van der Waals surface area (Å²) in [5, 5.41) is 10.2. The van der Waals surface area contributed by atoms with Crippen molar-refractivity contribution >= 4 is 17.7 Å². The number of nitrogens with zero attached hydrogens (tertiary/aromatic N) is 4. The van der Waals surface area contributed by atoms with Gasteiger partial charge in [0.25, 0.3) is 5.91 Å². The Morgan fingerprint density at radius 2 is 1.82 bits per heavy atom. The number of methoxy groups -OCH3 is 1. The number of morpholine rings is 1. The van der Waals surface area contributed by atoms with Crippen molar-refractivity contribution < 1.29 is 29.0 Å². The number of aliphatic hydroxyl groups is 1. The number of Topliss-reactive ketones (excluding diaryl/α,β-unsaturated/α-hetero) is 1. The Kier molecular flexibility index (Phi) is 8.39. The van der Waals surface area contributed by atoms with Crippen LogP contribution in [-0.4, -0.2) is 94.7 Å². The number of fused-ring (bicyclic) bond motifs is 1. The van der Waals surface area contributed by atoms with Crippen LogP contribution in [0.3, 0.4) is 0 Å². The average molecular weight is 547 g/mol. The molecule has 0 unspecified atom stereocenters. The Labute approximate surface area is 233 Å². The summed E-state index contributed by atoms with van der Waals surface area (Å²) in [6, 6.07) is 12.2. The van der Waals surface area contributed by atoms with Crippen molar-refractivity contribution in [3.8, 4) is 11.4 Å². The zero-order valence-corrected chi connectivity index (χ0v) is 22.8. The highest BCUT2D eigenvalue weighted by Gasteiger charge is 2.32. The van der Waals surface area contributed by atoms with Gasteiger partial charge in [0.1, 0.15) is 11.5 Å². The van der Waals surface area contributed by atoms with Crippen LogP contribution >= 0.6 is 0 Å². The number of carbonyl (C=O) groups excluding carboxylic acids is 3. The molecular formula is C30H34N4O6. The maximum Gasteiger partial charge on any atom is 0.337 e. The van der Waals surface area contributed by atoms with Crippen molar-refractivity contribution in [2.75, 3.05) is 46.6 Å². The molecule has 1 N–H and O–H groups in total. The van der Waals surface area contributed by atoms with Crippen LogP contribution in [-0.2, 0) is 29.0 Å². The number of aromatic nitrogens is 2. The molecule has 2 aliphatic rings. The minimum atomic E-state index is -0.566. The first-order valence-corrected chi connectivity index (χ1v) is 13.5. The molecular weight excluding hydrogens is 512 g/mol. The van der Waals surface area contributed by atoms with E-state index in [0.717, 1.165) is 30.8 Å². The van der Waals surface area contributed by atoms with Crippen LogP contribution < -0.4 is 0 Å². The van der Waals surface area contributed by atoms with E-state index in [1.54, 1.807) is 23.2 Å². The highest BCUT2D eigenvalue weighted by atomic mass is 16.5. The van der Waals surface area contributed by atoms with E-state index in [4.69, 9.17) is 9.47 Å². The lowest BCUT2D eigenvalue weighted by molar-refractivity contribution is 0.0364. The van der Waals surface area contributed by atoms with Crippen LogP contribution in [0.2, 0.25) is 0 Å². The van der Waals surface area contributed by atoms with E-state index in [2.05, 4.69) is 9.88 Å². The number of aliphatic hydroxyl groups excluding tert-OH is 1. The van der Waals surface area contributed by atoms with E-state index >= 15 is 0 Å². The van der Waals surface area contributed by atoms with Gasteiger partial charge >= 0.3 is 5.97 Å². The van der Waals surface area contributed by atoms with Gasteiger partial charge in [-0.1, -0.05) is 24.3 Å². The molecule has 1 fully saturated rings. The standard InChI is InChI=1S/C30H34N4O6/c1-20(36)27-18-33(10-9-32-11-13-40-14-12-32)28(31-27)25-8-7-22(30(38)39-2)16-26(25)29(37)34-17-23-6-4-3-5-21(23)15-24(34)19-35/h3-8,16,18,24,35H,9-15,17,19H2,1-2H3/t24-/m0/s1. The zero-order chi connectivity index (χ0) is 28.2. The first kappa shape index (κ1) is 27.7. The summed E-state index contributed by atoms with van der Waals surface area (Å²) in [4.78, 5) is 47.6. The molecule has 2 aliphatic heterocycles. The number of hydrogen-bond acceptors (Lipinski definition) is 8. The van der Waals surface area contributed by atoms with Crippen molar-refractivity contribution in [1.29, 1.82) is 0 Å². The summed E-state index contributed by atoms with van der Waals surface area (Å²) in [6.45, 7) is 5.85. The number of ether oxygens (including phenoxy) is 2. The van der Waals surface area contributed by atoms with Gasteiger partial charge in [0.2, 0.25) is 0 Å². The molecule has 1 saturated heterocycles. The van der Waals surface area contributed by atoms with E-state index < -0.39 is 12.0 Å². The molecule has 0 saturated carbocycles. The summed E-state index contributed by atoms with van der Waals surface area (Å²) in [5.41, 5.74) is 3.39. The molecule has 0 bridgehead atoms. The Hall–Kier alpha value is -3.86. The third-order valence-corrected chi connectivity index (χ3v) is 7.64. The van der Waals surface area contributed by atoms with Gasteiger partial charge in [-0.2, -0.15) is 0 Å². The second-order valence-electron chi connectivity index (χ2n) is 10.1. The molecule has 5 rings (SSSR count). The quantitative estimate of drug-likeness (QED) is 0.339. The van der Waals surface area contributed by atoms with Crippen molar-refractivity contribution in [1.82, 2.24) is 19.4 Å². The lowest BCUT2D eigenvalue weighted by Crippen LogP contribution is -2.46. The molecule has 210 valence electrons. The molecule has 3 heterocycles. The van der Waals surface area contributed by atoms with Crippen LogP contribution in [0.15, 0.2) is 48.7 Å². The number of ketones is 1. The van der Waals surface area contributed by atoms with Crippen LogP contribution in [0.5, 0.6) is 0 Å². The second-order valence-corrected chi connectivity index (χ2v) is 10.1. The Bertz CT molecular complexity index is 1410. The first-order chi connectivity index (χ1) is 19.4. The minimum absolute atomic E-state index is 0.182. The predicted molar refractivity (Wildman–Crippen MR) is 147 cm³/mol. The van der Waals surface area contributed by atoms with Gasteiger partial charge in [0.05, 0.1) is 44.1 Å². The summed E-state index contributed by atoms with van der Waals surface area (Å²) in [6.07, 6.45) is 2.24. The molecule has 0 spiro atoms. The fraction of sp³-hybridized carbons (Fsp3) is 0.400. The van der Waals surface area contributed by atoms with Gasteiger partial charge in [-0.3, -0.25) is 14.5 Å². The normalized spacial score (nSPS) is 17.4. The molecule has 1 amide bonds. The highest BCUT2D eigenvalue weighted by Crippen LogP contribution is 2.30. The van der Waals surface area contributed by atoms with Gasteiger partial charge in [-0.15, -0.1) is 0 Å². The molecule has 2 aromatic carbocycles. The summed E-state index contributed by atoms with van der Waals surface area (Å²) in [5.74, 6) is -0.612. The molecule has 1 aromatic heterocycles. The van der Waals surface area contributed by atoms with E-state index in [1.165, 1.54) is 20.1 Å². The maximum atomic E-state index is 14.2. The number of hydrogen-bond donors (Lipinski definition) is 1. The number of carbonyl (C=O) groups is 3. The van der Waals surface area contributed by atoms with Crippen molar-refractivity contribution in [2.45, 2.75) is 32.5 Å². The van der Waals surface area contributed by atoms with Gasteiger partial charge < -0.3 is 24.0 Å². The van der Waals surface area contributed by atoms with Gasteiger partial charge in [0.15, 0.2) is 5.78 Å². The summed E-state index contributed by atoms with van der Waals surface area (Å²) < 4.78 is 12.3. The third kappa shape index (κ3) is 5.70. The molecule has 0 aliphatic carbocycles. The average Bonchev–Trinajstić information content (AvgIpc) is 3.43. The zero-order valence-electron chi connectivity index (χ0n) is 22.8. The van der Waals surface area contributed by atoms with Gasteiger partial charge in [-0.25, -0.2) is 9.78 Å². The Balaban J connectivity index is 1.56. The minimum Gasteiger partial charge on any atom is -0.465 e. The van der Waals surface area contributed by atoms with Crippen LogP contribution in [0.25, 0.3) is 11.4 Å². The van der Waals surface area contributed by atoms with E-state index in [1.807, 2.05) is 28.8 Å². The Morgan fingerprint density at radius 3 is 2.52 bits per heavy atom. The third-order valence-electron chi connectivity index (χ3n) is 7.64. The van der Waals surface area contributed by atoms with E-state index in [0.29, 0.717) is 49.8 Å². The number of benzene rings is 2. The van der Waals surface area contributed by atoms with Crippen molar-refractivity contribution in [3.63, 3.8) is 0 Å². The van der Waals surface area contributed by atoms with E-state index in [9.17, 15) is 19.5 Å². The second kappa shape index (κ2) is 12.1. The smallest absolute Gasteiger partial charge is 0.337 e. The monoisotopic (exact) mass is 546 g/mol. The van der Waals surface area contributed by atoms with Crippen LogP contribution in [0.1, 0.15) is 49.3 Å². The largest absolute Gasteiger partial charge is 0.465 e. The molecule has 1 atom stereocenters. The van der Waals surface area contributed by atoms with Crippen molar-refractivity contribution in [3.05, 3.63) is 76.6 Å². The predicted octanol–water partition coefficient (Wildman–Crippen LogP) is 2.43. The number of imidazole rings is 1. The topological polar surface area (TPSA) is 114 Å². The number of esters is 1. The fourth-order valence-corrected chi connectivity index (χ4v) is 5.35. The number of rotatable bonds is 8. The first-order valence-electron chi connectivity index (χ1n) is 13.5. The van der Waals surface area contributed by atoms with Crippen LogP contribution in [0, 0.1) is 0 Å². The lowest BCUT2D eigenvalue weighted by Gasteiger charge is -2.36. The van der Waals surface area contributed by atoms with Crippen molar-refractivity contribution in [2.24, 2.45) is 0 Å². The molecule has 40 heavy (non-hydrogen) atoms. The van der Waals surface area contributed by atoms with Gasteiger partial charge in [-0.05, 0) is 35.7 Å². The molecule has 0 radical (unpaired) electrons. The summed E-state index contributed by atoms with van der Waals surface area (Å²) in [7, 11) is 1.29. The lowest BCUT2D eigenvalue weighted by atomic mass is 9.92. The maximum absolute atomic E-state index is 14.2. The molecule has 3 aromatic rings. The molecule has 10 nitrogen and oxygen atoms in total. The SMILES string of the molecule is COC(=O)c1ccc(-c2nc(C(C)=O)cn2CCN2CCOCC2)c(C(=O)N2Cc3ccccc3C[C@H]2CO)c1. The fourth-order valence-electron chi connectivity index (χ4n) is 5.35. The van der Waals surface area contributed by atoms with Crippen LogP contribution in [0.4, 0.5) is 0 Å². The number of amides is 1. The van der Waals surface area contributed by atoms with E-state index in [-0.39, 0.29) is 29.4 Å². The van der Waals surface area contributed by atoms with Gasteiger partial charge in [0, 0.05) is 51.4 Å². The Morgan fingerprint density at radius 1 is 1.07 bits per heavy atom. The molecule has 10 heteroatoms.